The topological polar surface area (TPSA) is 102 Å². The number of aromatic nitrogens is 2. The van der Waals surface area contributed by atoms with E-state index in [1.54, 1.807) is 26.8 Å². The Bertz CT molecular complexity index is 856. The zero-order valence-electron chi connectivity index (χ0n) is 14.2. The molecule has 0 aliphatic rings. The molecule has 0 saturated heterocycles. The molecule has 9 heteroatoms. The standard InChI is InChI=1S/C16H20FN3O4S/c1-16(2,3)14(21)18-9-8-13-19-20-15(24-13)25(22,23)10-11-6-4-5-7-12(11)17/h4-7H,8-10H2,1-3H3,(H,18,21). The number of carbonyl (C=O) groups is 1. The van der Waals surface area contributed by atoms with Crippen LogP contribution in [0.2, 0.25) is 0 Å². The third kappa shape index (κ3) is 5.09. The van der Waals surface area contributed by atoms with Crippen molar-refractivity contribution in [2.45, 2.75) is 38.2 Å². The molecular weight excluding hydrogens is 349 g/mol. The Kier molecular flexibility index (Phi) is 5.56. The highest BCUT2D eigenvalue weighted by molar-refractivity contribution is 7.90. The van der Waals surface area contributed by atoms with Crippen LogP contribution in [-0.4, -0.2) is 31.1 Å². The summed E-state index contributed by atoms with van der Waals surface area (Å²) < 4.78 is 43.2. The Morgan fingerprint density at radius 3 is 2.56 bits per heavy atom. The van der Waals surface area contributed by atoms with E-state index >= 15 is 0 Å². The van der Waals surface area contributed by atoms with Gasteiger partial charge in [-0.3, -0.25) is 4.79 Å². The number of sulfone groups is 1. The van der Waals surface area contributed by atoms with Crippen LogP contribution in [0.3, 0.4) is 0 Å². The number of rotatable bonds is 6. The van der Waals surface area contributed by atoms with Gasteiger partial charge in [-0.15, -0.1) is 5.10 Å². The third-order valence-corrected chi connectivity index (χ3v) is 4.71. The van der Waals surface area contributed by atoms with E-state index in [1.807, 2.05) is 0 Å². The van der Waals surface area contributed by atoms with Gasteiger partial charge in [-0.1, -0.05) is 44.1 Å². The molecular formula is C16H20FN3O4S. The lowest BCUT2D eigenvalue weighted by atomic mass is 9.96. The Hall–Kier alpha value is -2.29. The van der Waals surface area contributed by atoms with Crippen molar-refractivity contribution in [2.75, 3.05) is 6.54 Å². The average molecular weight is 369 g/mol. The minimum atomic E-state index is -3.95. The first-order valence-electron chi connectivity index (χ1n) is 7.66. The normalized spacial score (nSPS) is 12.2. The lowest BCUT2D eigenvalue weighted by Gasteiger charge is -2.16. The fourth-order valence-corrected chi connectivity index (χ4v) is 3.05. The zero-order chi connectivity index (χ0) is 18.7. The zero-order valence-corrected chi connectivity index (χ0v) is 15.1. The molecule has 0 aliphatic heterocycles. The molecule has 0 unspecified atom stereocenters. The number of carbonyl (C=O) groups excluding carboxylic acids is 1. The van der Waals surface area contributed by atoms with Crippen molar-refractivity contribution in [2.24, 2.45) is 5.41 Å². The lowest BCUT2D eigenvalue weighted by Crippen LogP contribution is -2.35. The van der Waals surface area contributed by atoms with Gasteiger partial charge in [0.1, 0.15) is 5.82 Å². The molecule has 1 aromatic carbocycles. The quantitative estimate of drug-likeness (QED) is 0.834. The second kappa shape index (κ2) is 7.30. The Morgan fingerprint density at radius 2 is 1.92 bits per heavy atom. The van der Waals surface area contributed by atoms with Crippen molar-refractivity contribution in [3.8, 4) is 0 Å². The number of nitrogens with one attached hydrogen (secondary N) is 1. The summed E-state index contributed by atoms with van der Waals surface area (Å²) in [6.07, 6.45) is 0.198. The fraction of sp³-hybridized carbons (Fsp3) is 0.438. The van der Waals surface area contributed by atoms with Crippen molar-refractivity contribution in [1.29, 1.82) is 0 Å². The van der Waals surface area contributed by atoms with E-state index in [2.05, 4.69) is 15.5 Å². The summed E-state index contributed by atoms with van der Waals surface area (Å²) in [6.45, 7) is 5.58. The number of nitrogens with zero attached hydrogens (tertiary/aromatic N) is 2. The summed E-state index contributed by atoms with van der Waals surface area (Å²) in [5.74, 6) is -1.24. The van der Waals surface area contributed by atoms with Crippen molar-refractivity contribution >= 4 is 15.7 Å². The van der Waals surface area contributed by atoms with Crippen LogP contribution in [0.1, 0.15) is 32.2 Å². The van der Waals surface area contributed by atoms with Crippen LogP contribution in [0.15, 0.2) is 33.9 Å². The van der Waals surface area contributed by atoms with Gasteiger partial charge in [0.25, 0.3) is 0 Å². The van der Waals surface area contributed by atoms with E-state index in [0.29, 0.717) is 0 Å². The number of hydrogen-bond acceptors (Lipinski definition) is 6. The first-order valence-corrected chi connectivity index (χ1v) is 9.31. The summed E-state index contributed by atoms with van der Waals surface area (Å²) in [6, 6.07) is 5.58. The van der Waals surface area contributed by atoms with Gasteiger partial charge in [-0.05, 0) is 6.07 Å². The van der Waals surface area contributed by atoms with Gasteiger partial charge in [0.15, 0.2) is 0 Å². The van der Waals surface area contributed by atoms with E-state index in [1.165, 1.54) is 18.2 Å². The summed E-state index contributed by atoms with van der Waals surface area (Å²) in [7, 11) is -3.95. The Balaban J connectivity index is 2.00. The number of benzene rings is 1. The van der Waals surface area contributed by atoms with Crippen LogP contribution in [0.25, 0.3) is 0 Å². The van der Waals surface area contributed by atoms with Crippen molar-refractivity contribution < 1.29 is 22.0 Å². The molecule has 136 valence electrons. The maximum absolute atomic E-state index is 13.6. The molecule has 0 fully saturated rings. The number of halogens is 1. The summed E-state index contributed by atoms with van der Waals surface area (Å²) in [4.78, 5) is 11.7. The Labute approximate surface area is 145 Å². The first kappa shape index (κ1) is 19.0. The molecule has 0 saturated carbocycles. The lowest BCUT2D eigenvalue weighted by molar-refractivity contribution is -0.128. The molecule has 7 nitrogen and oxygen atoms in total. The van der Waals surface area contributed by atoms with Crippen molar-refractivity contribution in [1.82, 2.24) is 15.5 Å². The Morgan fingerprint density at radius 1 is 1.24 bits per heavy atom. The predicted molar refractivity (Wildman–Crippen MR) is 87.8 cm³/mol. The van der Waals surface area contributed by atoms with Gasteiger partial charge < -0.3 is 9.73 Å². The third-order valence-electron chi connectivity index (χ3n) is 3.32. The molecule has 1 aromatic heterocycles. The fourth-order valence-electron chi connectivity index (χ4n) is 1.89. The SMILES string of the molecule is CC(C)(C)C(=O)NCCc1nnc(S(=O)(=O)Cc2ccccc2F)o1. The predicted octanol–water partition coefficient (Wildman–Crippen LogP) is 1.89. The van der Waals surface area contributed by atoms with Gasteiger partial charge in [-0.2, -0.15) is 0 Å². The second-order valence-corrected chi connectivity index (χ2v) is 8.44. The molecule has 0 radical (unpaired) electrons. The maximum atomic E-state index is 13.6. The molecule has 0 atom stereocenters. The highest BCUT2D eigenvalue weighted by atomic mass is 32.2. The highest BCUT2D eigenvalue weighted by Crippen LogP contribution is 2.17. The maximum Gasteiger partial charge on any atom is 0.335 e. The van der Waals surface area contributed by atoms with Gasteiger partial charge in [0.05, 0.1) is 5.75 Å². The smallest absolute Gasteiger partial charge is 0.335 e. The molecule has 1 amide bonds. The highest BCUT2D eigenvalue weighted by Gasteiger charge is 2.25. The monoisotopic (exact) mass is 369 g/mol. The molecule has 0 aliphatic carbocycles. The van der Waals surface area contributed by atoms with E-state index in [-0.39, 0.29) is 30.3 Å². The van der Waals surface area contributed by atoms with E-state index in [4.69, 9.17) is 4.42 Å². The van der Waals surface area contributed by atoms with Crippen LogP contribution in [0, 0.1) is 11.2 Å². The molecule has 2 rings (SSSR count). The number of hydrogen-bond donors (Lipinski definition) is 1. The van der Waals surface area contributed by atoms with Crippen molar-refractivity contribution in [3.05, 3.63) is 41.5 Å². The van der Waals surface area contributed by atoms with E-state index < -0.39 is 32.0 Å². The minimum absolute atomic E-state index is 0.0275. The van der Waals surface area contributed by atoms with Gasteiger partial charge in [-0.25, -0.2) is 12.8 Å². The number of amides is 1. The van der Waals surface area contributed by atoms with Gasteiger partial charge >= 0.3 is 5.22 Å². The van der Waals surface area contributed by atoms with E-state index in [9.17, 15) is 17.6 Å². The van der Waals surface area contributed by atoms with Crippen LogP contribution in [0.4, 0.5) is 4.39 Å². The van der Waals surface area contributed by atoms with Crippen LogP contribution in [-0.2, 0) is 26.8 Å². The summed E-state index contributed by atoms with van der Waals surface area (Å²) >= 11 is 0. The summed E-state index contributed by atoms with van der Waals surface area (Å²) in [5, 5.41) is 9.32. The molecule has 2 aromatic rings. The summed E-state index contributed by atoms with van der Waals surface area (Å²) in [5.41, 5.74) is -0.497. The van der Waals surface area contributed by atoms with Crippen LogP contribution >= 0.6 is 0 Å². The molecule has 0 spiro atoms. The minimum Gasteiger partial charge on any atom is -0.412 e. The first-order chi connectivity index (χ1) is 11.6. The molecule has 0 bridgehead atoms. The second-order valence-electron chi connectivity index (χ2n) is 6.57. The molecule has 25 heavy (non-hydrogen) atoms. The van der Waals surface area contributed by atoms with Gasteiger partial charge in [0, 0.05) is 23.9 Å². The van der Waals surface area contributed by atoms with Crippen LogP contribution < -0.4 is 5.32 Å². The molecule has 1 heterocycles. The largest absolute Gasteiger partial charge is 0.412 e. The average Bonchev–Trinajstić information content (AvgIpc) is 2.98. The van der Waals surface area contributed by atoms with Gasteiger partial charge in [0.2, 0.25) is 21.6 Å². The van der Waals surface area contributed by atoms with Crippen molar-refractivity contribution in [3.63, 3.8) is 0 Å². The van der Waals surface area contributed by atoms with E-state index in [0.717, 1.165) is 0 Å². The molecule has 1 N–H and O–H groups in total. The van der Waals surface area contributed by atoms with Crippen LogP contribution in [0.5, 0.6) is 0 Å².